The molecule has 0 radical (unpaired) electrons. The Hall–Kier alpha value is -0.870. The van der Waals surface area contributed by atoms with Crippen LogP contribution in [0, 0.1) is 5.92 Å². The smallest absolute Gasteiger partial charge is 0.334 e. The molecule has 0 unspecified atom stereocenters. The summed E-state index contributed by atoms with van der Waals surface area (Å²) in [4.78, 5) is 13.7. The van der Waals surface area contributed by atoms with Gasteiger partial charge in [-0.2, -0.15) is 0 Å². The van der Waals surface area contributed by atoms with Crippen LogP contribution in [0.2, 0.25) is 0 Å². The summed E-state index contributed by atoms with van der Waals surface area (Å²) in [6, 6.07) is 0. The van der Waals surface area contributed by atoms with E-state index in [9.17, 15) is 4.79 Å². The quantitative estimate of drug-likeness (QED) is 0.556. The molecule has 1 rings (SSSR count). The zero-order valence-corrected chi connectivity index (χ0v) is 11.0. The molecule has 0 aliphatic carbocycles. The van der Waals surface area contributed by atoms with Gasteiger partial charge in [0, 0.05) is 12.1 Å². The molecule has 1 aliphatic heterocycles. The van der Waals surface area contributed by atoms with Crippen LogP contribution in [0.1, 0.15) is 19.8 Å². The molecular formula is C13H24N2O2. The van der Waals surface area contributed by atoms with Crippen LogP contribution >= 0.6 is 0 Å². The van der Waals surface area contributed by atoms with Crippen molar-refractivity contribution in [3.05, 3.63) is 12.2 Å². The summed E-state index contributed by atoms with van der Waals surface area (Å²) in [6.07, 6.45) is 2.46. The molecule has 98 valence electrons. The Morgan fingerprint density at radius 3 is 2.71 bits per heavy atom. The number of carbonyl (C=O) groups excluding carboxylic acids is 1. The Morgan fingerprint density at radius 1 is 1.47 bits per heavy atom. The Bertz CT molecular complexity index is 258. The summed E-state index contributed by atoms with van der Waals surface area (Å²) in [5.41, 5.74) is 0.514. The van der Waals surface area contributed by atoms with E-state index in [4.69, 9.17) is 4.74 Å². The SMILES string of the molecule is C=C(CNCC1CCN(C)CC1)C(=O)OCC. The maximum atomic E-state index is 11.3. The molecule has 0 amide bonds. The largest absolute Gasteiger partial charge is 0.463 e. The van der Waals surface area contributed by atoms with Crippen LogP contribution in [0.4, 0.5) is 0 Å². The molecule has 1 aliphatic rings. The second-order valence-electron chi connectivity index (χ2n) is 4.70. The highest BCUT2D eigenvalue weighted by Crippen LogP contribution is 2.14. The van der Waals surface area contributed by atoms with E-state index in [1.165, 1.54) is 25.9 Å². The highest BCUT2D eigenvalue weighted by atomic mass is 16.5. The third kappa shape index (κ3) is 5.33. The van der Waals surface area contributed by atoms with Crippen LogP contribution in [-0.2, 0) is 9.53 Å². The molecule has 1 fully saturated rings. The van der Waals surface area contributed by atoms with Gasteiger partial charge in [0.15, 0.2) is 0 Å². The van der Waals surface area contributed by atoms with Gasteiger partial charge < -0.3 is 15.0 Å². The van der Waals surface area contributed by atoms with Crippen molar-refractivity contribution in [2.24, 2.45) is 5.92 Å². The van der Waals surface area contributed by atoms with E-state index in [1.807, 2.05) is 0 Å². The molecule has 1 heterocycles. The van der Waals surface area contributed by atoms with Gasteiger partial charge in [-0.05, 0) is 52.4 Å². The van der Waals surface area contributed by atoms with Gasteiger partial charge >= 0.3 is 5.97 Å². The summed E-state index contributed by atoms with van der Waals surface area (Å²) >= 11 is 0. The van der Waals surface area contributed by atoms with Crippen molar-refractivity contribution in [1.82, 2.24) is 10.2 Å². The number of nitrogens with zero attached hydrogens (tertiary/aromatic N) is 1. The standard InChI is InChI=1S/C13H24N2O2/c1-4-17-13(16)11(2)9-14-10-12-5-7-15(3)8-6-12/h12,14H,2,4-10H2,1,3H3. The van der Waals surface area contributed by atoms with Crippen LogP contribution in [-0.4, -0.2) is 50.7 Å². The molecule has 0 aromatic rings. The monoisotopic (exact) mass is 240 g/mol. The third-order valence-corrected chi connectivity index (χ3v) is 3.17. The predicted octanol–water partition coefficient (Wildman–Crippen LogP) is 1.04. The van der Waals surface area contributed by atoms with Gasteiger partial charge in [0.05, 0.1) is 6.61 Å². The number of piperidine rings is 1. The van der Waals surface area contributed by atoms with E-state index in [0.29, 0.717) is 18.7 Å². The van der Waals surface area contributed by atoms with Gasteiger partial charge in [0.1, 0.15) is 0 Å². The molecule has 1 N–H and O–H groups in total. The summed E-state index contributed by atoms with van der Waals surface area (Å²) in [5.74, 6) is 0.435. The van der Waals surface area contributed by atoms with Crippen LogP contribution in [0.25, 0.3) is 0 Å². The lowest BCUT2D eigenvalue weighted by Gasteiger charge is -2.29. The molecule has 0 aromatic carbocycles. The number of hydrogen-bond donors (Lipinski definition) is 1. The third-order valence-electron chi connectivity index (χ3n) is 3.17. The van der Waals surface area contributed by atoms with Crippen LogP contribution < -0.4 is 5.32 Å². The first-order valence-corrected chi connectivity index (χ1v) is 6.37. The first-order valence-electron chi connectivity index (χ1n) is 6.37. The van der Waals surface area contributed by atoms with Crippen molar-refractivity contribution in [2.45, 2.75) is 19.8 Å². The summed E-state index contributed by atoms with van der Waals surface area (Å²) in [7, 11) is 2.16. The topological polar surface area (TPSA) is 41.6 Å². The summed E-state index contributed by atoms with van der Waals surface area (Å²) in [6.45, 7) is 9.78. The molecule has 0 atom stereocenters. The Labute approximate surface area is 104 Å². The molecule has 0 saturated carbocycles. The van der Waals surface area contributed by atoms with Crippen molar-refractivity contribution in [3.8, 4) is 0 Å². The highest BCUT2D eigenvalue weighted by molar-refractivity contribution is 5.88. The summed E-state index contributed by atoms with van der Waals surface area (Å²) in [5, 5.41) is 3.29. The fourth-order valence-corrected chi connectivity index (χ4v) is 2.00. The number of ether oxygens (including phenoxy) is 1. The number of rotatable bonds is 6. The number of carbonyl (C=O) groups is 1. The minimum Gasteiger partial charge on any atom is -0.463 e. The van der Waals surface area contributed by atoms with Gasteiger partial charge in [-0.3, -0.25) is 0 Å². The minimum absolute atomic E-state index is 0.289. The fraction of sp³-hybridized carbons (Fsp3) is 0.769. The molecule has 1 saturated heterocycles. The maximum Gasteiger partial charge on any atom is 0.334 e. The fourth-order valence-electron chi connectivity index (χ4n) is 2.00. The van der Waals surface area contributed by atoms with Crippen LogP contribution in [0.15, 0.2) is 12.2 Å². The maximum absolute atomic E-state index is 11.3. The zero-order valence-electron chi connectivity index (χ0n) is 11.0. The van der Waals surface area contributed by atoms with E-state index >= 15 is 0 Å². The predicted molar refractivity (Wildman–Crippen MR) is 68.9 cm³/mol. The van der Waals surface area contributed by atoms with Gasteiger partial charge in [-0.15, -0.1) is 0 Å². The molecular weight excluding hydrogens is 216 g/mol. The normalized spacial score (nSPS) is 18.0. The summed E-state index contributed by atoms with van der Waals surface area (Å²) < 4.78 is 4.88. The van der Waals surface area contributed by atoms with E-state index in [1.54, 1.807) is 6.92 Å². The Morgan fingerprint density at radius 2 is 2.12 bits per heavy atom. The minimum atomic E-state index is -0.289. The number of esters is 1. The second-order valence-corrected chi connectivity index (χ2v) is 4.70. The Balaban J connectivity index is 2.11. The van der Waals surface area contributed by atoms with Gasteiger partial charge in [-0.25, -0.2) is 4.79 Å². The Kier molecular flexibility index (Phi) is 6.22. The van der Waals surface area contributed by atoms with Gasteiger partial charge in [-0.1, -0.05) is 6.58 Å². The van der Waals surface area contributed by atoms with Crippen LogP contribution in [0.3, 0.4) is 0 Å². The molecule has 4 nitrogen and oxygen atoms in total. The van der Waals surface area contributed by atoms with Crippen molar-refractivity contribution in [3.63, 3.8) is 0 Å². The first-order chi connectivity index (χ1) is 8.13. The van der Waals surface area contributed by atoms with Gasteiger partial charge in [0.2, 0.25) is 0 Å². The molecule has 17 heavy (non-hydrogen) atoms. The first kappa shape index (κ1) is 14.2. The molecule has 0 aromatic heterocycles. The van der Waals surface area contributed by atoms with E-state index in [0.717, 1.165) is 12.5 Å². The van der Waals surface area contributed by atoms with E-state index in [-0.39, 0.29) is 5.97 Å². The molecule has 0 spiro atoms. The van der Waals surface area contributed by atoms with E-state index in [2.05, 4.69) is 23.8 Å². The zero-order chi connectivity index (χ0) is 12.7. The number of nitrogens with one attached hydrogen (secondary N) is 1. The van der Waals surface area contributed by atoms with Crippen molar-refractivity contribution in [2.75, 3.05) is 39.8 Å². The lowest BCUT2D eigenvalue weighted by molar-refractivity contribution is -0.138. The lowest BCUT2D eigenvalue weighted by atomic mass is 9.97. The van der Waals surface area contributed by atoms with Crippen LogP contribution in [0.5, 0.6) is 0 Å². The number of likely N-dealkylation sites (tertiary alicyclic amines) is 1. The number of hydrogen-bond acceptors (Lipinski definition) is 4. The lowest BCUT2D eigenvalue weighted by Crippen LogP contribution is -2.35. The average molecular weight is 240 g/mol. The van der Waals surface area contributed by atoms with Crippen molar-refractivity contribution < 1.29 is 9.53 Å². The van der Waals surface area contributed by atoms with Gasteiger partial charge in [0.25, 0.3) is 0 Å². The average Bonchev–Trinajstić information content (AvgIpc) is 2.32. The van der Waals surface area contributed by atoms with E-state index < -0.39 is 0 Å². The second kappa shape index (κ2) is 7.45. The highest BCUT2D eigenvalue weighted by Gasteiger charge is 2.16. The molecule has 4 heteroatoms. The van der Waals surface area contributed by atoms with Crippen molar-refractivity contribution in [1.29, 1.82) is 0 Å². The molecule has 0 bridgehead atoms. The van der Waals surface area contributed by atoms with Crippen molar-refractivity contribution >= 4 is 5.97 Å².